The summed E-state index contributed by atoms with van der Waals surface area (Å²) in [6, 6.07) is 22.6. The first kappa shape index (κ1) is 24.7. The molecule has 5 nitrogen and oxygen atoms in total. The van der Waals surface area contributed by atoms with Crippen LogP contribution in [0.5, 0.6) is 0 Å². The summed E-state index contributed by atoms with van der Waals surface area (Å²) in [6.07, 6.45) is 8.86. The van der Waals surface area contributed by atoms with Crippen molar-refractivity contribution in [1.29, 1.82) is 0 Å². The van der Waals surface area contributed by atoms with Gasteiger partial charge in [-0.05, 0) is 61.9 Å². The highest BCUT2D eigenvalue weighted by atomic mass is 16.2. The van der Waals surface area contributed by atoms with Gasteiger partial charge in [-0.2, -0.15) is 0 Å². The number of carbonyl (C=O) groups excluding carboxylic acids is 1. The van der Waals surface area contributed by atoms with Crippen molar-refractivity contribution in [3.8, 4) is 0 Å². The molecule has 3 fully saturated rings. The number of piperazine rings is 1. The van der Waals surface area contributed by atoms with E-state index in [1.54, 1.807) is 0 Å². The lowest BCUT2D eigenvalue weighted by atomic mass is 9.93. The van der Waals surface area contributed by atoms with Crippen LogP contribution in [0.3, 0.4) is 0 Å². The van der Waals surface area contributed by atoms with Crippen LogP contribution in [-0.4, -0.2) is 70.5 Å². The van der Waals surface area contributed by atoms with Crippen molar-refractivity contribution in [2.24, 2.45) is 5.92 Å². The quantitative estimate of drug-likeness (QED) is 0.457. The van der Waals surface area contributed by atoms with Crippen molar-refractivity contribution in [1.82, 2.24) is 19.3 Å². The Morgan fingerprint density at radius 2 is 1.43 bits per heavy atom. The number of fused-ring (bicyclic) bond motifs is 1. The first-order valence-corrected chi connectivity index (χ1v) is 14.6. The van der Waals surface area contributed by atoms with E-state index in [1.807, 2.05) is 0 Å². The minimum atomic E-state index is 0.202. The second-order valence-corrected chi connectivity index (χ2v) is 11.5. The molecule has 0 N–H and O–H groups in total. The third kappa shape index (κ3) is 5.63. The van der Waals surface area contributed by atoms with E-state index in [9.17, 15) is 4.79 Å². The Balaban J connectivity index is 1.04. The van der Waals surface area contributed by atoms with E-state index in [1.165, 1.54) is 54.3 Å². The van der Waals surface area contributed by atoms with Gasteiger partial charge < -0.3 is 9.47 Å². The molecule has 2 aliphatic heterocycles. The molecule has 6 rings (SSSR count). The number of piperidine rings is 1. The zero-order valence-corrected chi connectivity index (χ0v) is 22.2. The molecule has 3 aromatic rings. The number of benzene rings is 2. The third-order valence-corrected chi connectivity index (χ3v) is 9.12. The summed E-state index contributed by atoms with van der Waals surface area (Å²) in [4.78, 5) is 20.8. The molecule has 5 heteroatoms. The summed E-state index contributed by atoms with van der Waals surface area (Å²) in [5.74, 6) is 0.619. The van der Waals surface area contributed by atoms with Crippen LogP contribution < -0.4 is 0 Å². The maximum absolute atomic E-state index is 13.4. The normalized spacial score (nSPS) is 21.0. The van der Waals surface area contributed by atoms with E-state index in [0.29, 0.717) is 5.91 Å². The first-order chi connectivity index (χ1) is 18.2. The van der Waals surface area contributed by atoms with Gasteiger partial charge in [0.05, 0.1) is 0 Å². The molecule has 2 saturated heterocycles. The van der Waals surface area contributed by atoms with Gasteiger partial charge in [-0.3, -0.25) is 14.6 Å². The molecule has 2 aromatic carbocycles. The molecule has 37 heavy (non-hydrogen) atoms. The van der Waals surface area contributed by atoms with Crippen LogP contribution in [0.4, 0.5) is 0 Å². The molecule has 1 aromatic heterocycles. The van der Waals surface area contributed by atoms with E-state index in [0.717, 1.165) is 71.2 Å². The maximum atomic E-state index is 13.4. The molecule has 3 aliphatic rings. The molecule has 0 radical (unpaired) electrons. The highest BCUT2D eigenvalue weighted by Gasteiger charge is 2.32. The van der Waals surface area contributed by atoms with Crippen LogP contribution in [0.15, 0.2) is 60.7 Å². The average molecular weight is 499 g/mol. The minimum Gasteiger partial charge on any atom is -0.340 e. The Labute approximate surface area is 222 Å². The van der Waals surface area contributed by atoms with E-state index in [2.05, 4.69) is 79.9 Å². The van der Waals surface area contributed by atoms with E-state index in [4.69, 9.17) is 0 Å². The predicted octanol–water partition coefficient (Wildman–Crippen LogP) is 5.38. The van der Waals surface area contributed by atoms with Gasteiger partial charge in [0.15, 0.2) is 0 Å². The van der Waals surface area contributed by atoms with Crippen LogP contribution in [0.25, 0.3) is 10.9 Å². The van der Waals surface area contributed by atoms with E-state index >= 15 is 0 Å². The molecular formula is C32H42N4O. The summed E-state index contributed by atoms with van der Waals surface area (Å²) in [7, 11) is 0. The summed E-state index contributed by atoms with van der Waals surface area (Å²) in [5, 5.41) is 1.31. The minimum absolute atomic E-state index is 0.202. The number of para-hydroxylation sites is 1. The van der Waals surface area contributed by atoms with Crippen LogP contribution in [0.1, 0.15) is 56.2 Å². The Hall–Kier alpha value is -2.63. The lowest BCUT2D eigenvalue weighted by molar-refractivity contribution is -0.139. The second kappa shape index (κ2) is 11.4. The average Bonchev–Trinajstić information content (AvgIpc) is 3.30. The van der Waals surface area contributed by atoms with Gasteiger partial charge in [-0.1, -0.05) is 67.8 Å². The Morgan fingerprint density at radius 1 is 0.730 bits per heavy atom. The van der Waals surface area contributed by atoms with Crippen molar-refractivity contribution in [2.45, 2.75) is 64.1 Å². The molecule has 1 aliphatic carbocycles. The number of rotatable bonds is 6. The van der Waals surface area contributed by atoms with Crippen LogP contribution >= 0.6 is 0 Å². The number of carbonyl (C=O) groups is 1. The van der Waals surface area contributed by atoms with Gasteiger partial charge in [-0.25, -0.2) is 0 Å². The van der Waals surface area contributed by atoms with Crippen LogP contribution in [0.2, 0.25) is 0 Å². The molecule has 1 amide bonds. The lowest BCUT2D eigenvalue weighted by Crippen LogP contribution is -2.54. The van der Waals surface area contributed by atoms with Crippen molar-refractivity contribution >= 4 is 16.8 Å². The molecule has 0 spiro atoms. The van der Waals surface area contributed by atoms with Crippen molar-refractivity contribution in [3.63, 3.8) is 0 Å². The van der Waals surface area contributed by atoms with E-state index in [-0.39, 0.29) is 5.92 Å². The topological polar surface area (TPSA) is 31.7 Å². The van der Waals surface area contributed by atoms with Crippen molar-refractivity contribution in [2.75, 3.05) is 39.3 Å². The Morgan fingerprint density at radius 3 is 2.19 bits per heavy atom. The lowest BCUT2D eigenvalue weighted by Gasteiger charge is -2.42. The monoisotopic (exact) mass is 498 g/mol. The smallest absolute Gasteiger partial charge is 0.225 e. The first-order valence-electron chi connectivity index (χ1n) is 14.6. The van der Waals surface area contributed by atoms with Crippen molar-refractivity contribution in [3.05, 3.63) is 71.9 Å². The summed E-state index contributed by atoms with van der Waals surface area (Å²) >= 11 is 0. The molecule has 3 heterocycles. The Kier molecular flexibility index (Phi) is 7.61. The highest BCUT2D eigenvalue weighted by molar-refractivity contribution is 5.81. The van der Waals surface area contributed by atoms with Crippen LogP contribution in [-0.2, 0) is 17.9 Å². The molecule has 0 bridgehead atoms. The van der Waals surface area contributed by atoms with Gasteiger partial charge in [-0.15, -0.1) is 0 Å². The number of likely N-dealkylation sites (tertiary alicyclic amines) is 1. The number of hydrogen-bond acceptors (Lipinski definition) is 3. The molecule has 196 valence electrons. The summed E-state index contributed by atoms with van der Waals surface area (Å²) < 4.78 is 2.48. The molecule has 1 saturated carbocycles. The van der Waals surface area contributed by atoms with Gasteiger partial charge in [0.1, 0.15) is 0 Å². The zero-order valence-electron chi connectivity index (χ0n) is 22.2. The summed E-state index contributed by atoms with van der Waals surface area (Å²) in [5.41, 5.74) is 4.01. The number of amides is 1. The van der Waals surface area contributed by atoms with Gasteiger partial charge in [0.2, 0.25) is 5.91 Å². The SMILES string of the molecule is O=C(C1CCN(Cc2cc3ccccc3n2Cc2ccccc2)CC1)N1CCN(C2CCCCC2)CC1. The number of nitrogens with zero attached hydrogens (tertiary/aromatic N) is 4. The third-order valence-electron chi connectivity index (χ3n) is 9.12. The predicted molar refractivity (Wildman–Crippen MR) is 151 cm³/mol. The molecular weight excluding hydrogens is 456 g/mol. The maximum Gasteiger partial charge on any atom is 0.225 e. The molecule has 0 unspecified atom stereocenters. The van der Waals surface area contributed by atoms with Gasteiger partial charge in [0.25, 0.3) is 0 Å². The largest absolute Gasteiger partial charge is 0.340 e. The fourth-order valence-corrected chi connectivity index (χ4v) is 6.93. The van der Waals surface area contributed by atoms with Gasteiger partial charge >= 0.3 is 0 Å². The van der Waals surface area contributed by atoms with E-state index < -0.39 is 0 Å². The fraction of sp³-hybridized carbons (Fsp3) is 0.531. The number of hydrogen-bond donors (Lipinski definition) is 0. The summed E-state index contributed by atoms with van der Waals surface area (Å²) in [6.45, 7) is 7.84. The van der Waals surface area contributed by atoms with Crippen LogP contribution in [0, 0.1) is 5.92 Å². The second-order valence-electron chi connectivity index (χ2n) is 11.5. The van der Waals surface area contributed by atoms with Gasteiger partial charge in [0, 0.05) is 62.4 Å². The highest BCUT2D eigenvalue weighted by Crippen LogP contribution is 2.27. The number of aromatic nitrogens is 1. The van der Waals surface area contributed by atoms with Crippen molar-refractivity contribution < 1.29 is 4.79 Å². The fourth-order valence-electron chi connectivity index (χ4n) is 6.93. The molecule has 0 atom stereocenters. The zero-order chi connectivity index (χ0) is 25.0. The standard InChI is InChI=1S/C32H42N4O/c37-32(35-21-19-34(20-22-35)29-12-5-2-6-13-29)27-15-17-33(18-16-27)25-30-23-28-11-7-8-14-31(28)36(30)24-26-9-3-1-4-10-26/h1,3-4,7-11,14,23,27,29H,2,5-6,12-13,15-22,24-25H2. The Bertz CT molecular complexity index is 1170.